The van der Waals surface area contributed by atoms with E-state index in [0.29, 0.717) is 0 Å². The third-order valence-electron chi connectivity index (χ3n) is 2.21. The van der Waals surface area contributed by atoms with Crippen molar-refractivity contribution in [2.24, 2.45) is 5.41 Å². The summed E-state index contributed by atoms with van der Waals surface area (Å²) in [5.74, 6) is 0. The van der Waals surface area contributed by atoms with Crippen LogP contribution < -0.4 is 5.32 Å². The van der Waals surface area contributed by atoms with Gasteiger partial charge in [0.15, 0.2) is 0 Å². The number of hydrogen-bond acceptors (Lipinski definition) is 3. The van der Waals surface area contributed by atoms with E-state index < -0.39 is 0 Å². The van der Waals surface area contributed by atoms with E-state index >= 15 is 0 Å². The van der Waals surface area contributed by atoms with Gasteiger partial charge in [-0.3, -0.25) is 0 Å². The molecule has 1 fully saturated rings. The number of amides is 1. The molecular weight excluding hydrogens is 168 g/mol. The maximum Gasteiger partial charge on any atom is 0.409 e. The molecule has 1 aliphatic heterocycles. The highest BCUT2D eigenvalue weighted by atomic mass is 16.5. The van der Waals surface area contributed by atoms with Gasteiger partial charge in [0.25, 0.3) is 0 Å². The molecule has 0 bridgehead atoms. The van der Waals surface area contributed by atoms with E-state index in [1.165, 1.54) is 7.11 Å². The van der Waals surface area contributed by atoms with Crippen molar-refractivity contribution >= 4 is 6.09 Å². The molecule has 1 rings (SSSR count). The SMILES string of the molecule is COC(=O)N1CCNCC(C)(C)C1. The molecule has 1 saturated heterocycles. The molecular formula is C9H18N2O2. The monoisotopic (exact) mass is 186 g/mol. The number of nitrogens with one attached hydrogen (secondary N) is 1. The summed E-state index contributed by atoms with van der Waals surface area (Å²) in [7, 11) is 1.42. The normalized spacial score (nSPS) is 22.2. The molecule has 4 nitrogen and oxygen atoms in total. The molecule has 0 saturated carbocycles. The number of hydrogen-bond donors (Lipinski definition) is 1. The summed E-state index contributed by atoms with van der Waals surface area (Å²) in [5.41, 5.74) is 0.130. The van der Waals surface area contributed by atoms with Crippen molar-refractivity contribution in [3.8, 4) is 0 Å². The first kappa shape index (κ1) is 10.3. The minimum Gasteiger partial charge on any atom is -0.453 e. The average molecular weight is 186 g/mol. The molecule has 0 aromatic carbocycles. The molecule has 0 aromatic rings. The summed E-state index contributed by atoms with van der Waals surface area (Å²) in [5, 5.41) is 3.30. The third-order valence-corrected chi connectivity index (χ3v) is 2.21. The van der Waals surface area contributed by atoms with Gasteiger partial charge in [0, 0.05) is 26.2 Å². The molecule has 76 valence electrons. The van der Waals surface area contributed by atoms with Crippen LogP contribution in [0.5, 0.6) is 0 Å². The fraction of sp³-hybridized carbons (Fsp3) is 0.889. The molecule has 0 aromatic heterocycles. The van der Waals surface area contributed by atoms with Crippen LogP contribution in [0.25, 0.3) is 0 Å². The van der Waals surface area contributed by atoms with Crippen LogP contribution in [0.2, 0.25) is 0 Å². The molecule has 1 N–H and O–H groups in total. The Morgan fingerprint density at radius 1 is 1.54 bits per heavy atom. The molecule has 0 radical (unpaired) electrons. The maximum atomic E-state index is 11.3. The fourth-order valence-corrected chi connectivity index (χ4v) is 1.58. The molecule has 0 atom stereocenters. The lowest BCUT2D eigenvalue weighted by atomic mass is 9.93. The van der Waals surface area contributed by atoms with Gasteiger partial charge < -0.3 is 15.0 Å². The average Bonchev–Trinajstić information content (AvgIpc) is 2.25. The first-order valence-electron chi connectivity index (χ1n) is 4.59. The Kier molecular flexibility index (Phi) is 3.14. The summed E-state index contributed by atoms with van der Waals surface area (Å²) < 4.78 is 4.70. The Balaban J connectivity index is 2.59. The van der Waals surface area contributed by atoms with Gasteiger partial charge in [0.1, 0.15) is 0 Å². The van der Waals surface area contributed by atoms with Gasteiger partial charge in [-0.2, -0.15) is 0 Å². The molecule has 1 amide bonds. The Bertz CT molecular complexity index is 192. The number of methoxy groups -OCH3 is 1. The van der Waals surface area contributed by atoms with Gasteiger partial charge in [-0.25, -0.2) is 4.79 Å². The molecule has 0 aliphatic carbocycles. The van der Waals surface area contributed by atoms with Crippen LogP contribution in [0.1, 0.15) is 13.8 Å². The molecule has 0 unspecified atom stereocenters. The fourth-order valence-electron chi connectivity index (χ4n) is 1.58. The predicted octanol–water partition coefficient (Wildman–Crippen LogP) is 0.684. The summed E-state index contributed by atoms with van der Waals surface area (Å²) in [6.45, 7) is 7.56. The number of carbonyl (C=O) groups excluding carboxylic acids is 1. The van der Waals surface area contributed by atoms with Gasteiger partial charge in [-0.1, -0.05) is 13.8 Å². The van der Waals surface area contributed by atoms with Gasteiger partial charge in [-0.15, -0.1) is 0 Å². The molecule has 4 heteroatoms. The zero-order valence-electron chi connectivity index (χ0n) is 8.59. The smallest absolute Gasteiger partial charge is 0.409 e. The second kappa shape index (κ2) is 3.96. The zero-order chi connectivity index (χ0) is 9.90. The Hall–Kier alpha value is -0.770. The van der Waals surface area contributed by atoms with Crippen LogP contribution in [0.15, 0.2) is 0 Å². The van der Waals surface area contributed by atoms with Crippen molar-refractivity contribution in [1.82, 2.24) is 10.2 Å². The zero-order valence-corrected chi connectivity index (χ0v) is 8.59. The van der Waals surface area contributed by atoms with E-state index in [2.05, 4.69) is 19.2 Å². The lowest BCUT2D eigenvalue weighted by molar-refractivity contribution is 0.113. The van der Waals surface area contributed by atoms with Crippen LogP contribution in [-0.2, 0) is 4.74 Å². The first-order chi connectivity index (χ1) is 6.05. The second-order valence-corrected chi connectivity index (χ2v) is 4.23. The van der Waals surface area contributed by atoms with Gasteiger partial charge in [0.05, 0.1) is 7.11 Å². The summed E-state index contributed by atoms with van der Waals surface area (Å²) in [4.78, 5) is 13.0. The van der Waals surface area contributed by atoms with Crippen molar-refractivity contribution in [3.05, 3.63) is 0 Å². The van der Waals surface area contributed by atoms with Gasteiger partial charge >= 0.3 is 6.09 Å². The lowest BCUT2D eigenvalue weighted by Gasteiger charge is -2.27. The van der Waals surface area contributed by atoms with Crippen molar-refractivity contribution in [2.45, 2.75) is 13.8 Å². The topological polar surface area (TPSA) is 41.6 Å². The standard InChI is InChI=1S/C9H18N2O2/c1-9(2)6-10-4-5-11(7-9)8(12)13-3/h10H,4-7H2,1-3H3. The third kappa shape index (κ3) is 2.88. The lowest BCUT2D eigenvalue weighted by Crippen LogP contribution is -2.39. The highest BCUT2D eigenvalue weighted by Crippen LogP contribution is 2.17. The van der Waals surface area contributed by atoms with E-state index in [0.717, 1.165) is 26.2 Å². The van der Waals surface area contributed by atoms with Crippen LogP contribution in [0.3, 0.4) is 0 Å². The van der Waals surface area contributed by atoms with E-state index in [9.17, 15) is 4.79 Å². The Morgan fingerprint density at radius 3 is 2.85 bits per heavy atom. The van der Waals surface area contributed by atoms with Crippen LogP contribution in [-0.4, -0.2) is 44.3 Å². The second-order valence-electron chi connectivity index (χ2n) is 4.23. The molecule has 13 heavy (non-hydrogen) atoms. The van der Waals surface area contributed by atoms with Crippen LogP contribution in [0, 0.1) is 5.41 Å². The summed E-state index contributed by atoms with van der Waals surface area (Å²) >= 11 is 0. The number of carbonyl (C=O) groups is 1. The highest BCUT2D eigenvalue weighted by molar-refractivity contribution is 5.67. The van der Waals surface area contributed by atoms with Crippen molar-refractivity contribution in [1.29, 1.82) is 0 Å². The van der Waals surface area contributed by atoms with Crippen molar-refractivity contribution in [2.75, 3.05) is 33.3 Å². The quantitative estimate of drug-likeness (QED) is 0.605. The van der Waals surface area contributed by atoms with Crippen molar-refractivity contribution < 1.29 is 9.53 Å². The predicted molar refractivity (Wildman–Crippen MR) is 50.6 cm³/mol. The summed E-state index contributed by atoms with van der Waals surface area (Å²) in [6, 6.07) is 0. The number of rotatable bonds is 0. The minimum atomic E-state index is -0.225. The van der Waals surface area contributed by atoms with E-state index in [-0.39, 0.29) is 11.5 Å². The first-order valence-corrected chi connectivity index (χ1v) is 4.59. The largest absolute Gasteiger partial charge is 0.453 e. The van der Waals surface area contributed by atoms with Gasteiger partial charge in [0.2, 0.25) is 0 Å². The van der Waals surface area contributed by atoms with E-state index in [1.807, 2.05) is 0 Å². The van der Waals surface area contributed by atoms with Crippen molar-refractivity contribution in [3.63, 3.8) is 0 Å². The molecule has 1 aliphatic rings. The number of nitrogens with zero attached hydrogens (tertiary/aromatic N) is 1. The van der Waals surface area contributed by atoms with E-state index in [4.69, 9.17) is 4.74 Å². The van der Waals surface area contributed by atoms with E-state index in [1.54, 1.807) is 4.90 Å². The van der Waals surface area contributed by atoms with Crippen LogP contribution >= 0.6 is 0 Å². The van der Waals surface area contributed by atoms with Crippen LogP contribution in [0.4, 0.5) is 4.79 Å². The Labute approximate surface area is 79.2 Å². The Morgan fingerprint density at radius 2 is 2.23 bits per heavy atom. The molecule has 1 heterocycles. The molecule has 0 spiro atoms. The summed E-state index contributed by atoms with van der Waals surface area (Å²) in [6.07, 6.45) is -0.225. The minimum absolute atomic E-state index is 0.130. The number of ether oxygens (including phenoxy) is 1. The highest BCUT2D eigenvalue weighted by Gasteiger charge is 2.27. The maximum absolute atomic E-state index is 11.3. The van der Waals surface area contributed by atoms with Gasteiger partial charge in [-0.05, 0) is 5.41 Å².